The molecule has 0 unspecified atom stereocenters. The number of rotatable bonds is 1. The van der Waals surface area contributed by atoms with Crippen molar-refractivity contribution in [2.75, 3.05) is 19.0 Å². The van der Waals surface area contributed by atoms with E-state index in [0.717, 1.165) is 50.4 Å². The van der Waals surface area contributed by atoms with E-state index in [-0.39, 0.29) is 11.2 Å². The summed E-state index contributed by atoms with van der Waals surface area (Å²) in [6.45, 7) is 12.4. The first-order valence-electron chi connectivity index (χ1n) is 15.1. The SMILES string of the molecule is Cc1cc2nc(c1)C(C)(C)c1cc(N(C)C)cc(n1)-n1cc3c(cccc3c1C(F)(F)F)C(C)(C)c1cccc3c(C)n-2cc13. The summed E-state index contributed by atoms with van der Waals surface area (Å²) in [4.78, 5) is 12.1. The largest absolute Gasteiger partial charge is 0.432 e. The smallest absolute Gasteiger partial charge is 0.377 e. The van der Waals surface area contributed by atoms with Crippen molar-refractivity contribution < 1.29 is 13.2 Å². The van der Waals surface area contributed by atoms with Crippen LogP contribution in [0, 0.1) is 13.8 Å². The lowest BCUT2D eigenvalue weighted by Crippen LogP contribution is -2.25. The van der Waals surface area contributed by atoms with E-state index in [1.807, 2.05) is 64.0 Å². The van der Waals surface area contributed by atoms with Crippen LogP contribution >= 0.6 is 0 Å². The Balaban J connectivity index is 1.70. The molecule has 45 heavy (non-hydrogen) atoms. The van der Waals surface area contributed by atoms with Gasteiger partial charge in [-0.25, -0.2) is 9.97 Å². The van der Waals surface area contributed by atoms with Gasteiger partial charge in [-0.1, -0.05) is 50.2 Å². The zero-order valence-electron chi connectivity index (χ0n) is 26.8. The first kappa shape index (κ1) is 29.1. The van der Waals surface area contributed by atoms with Crippen LogP contribution in [0.5, 0.6) is 0 Å². The first-order chi connectivity index (χ1) is 21.1. The highest BCUT2D eigenvalue weighted by molar-refractivity contribution is 5.94. The van der Waals surface area contributed by atoms with E-state index in [1.54, 1.807) is 24.4 Å². The lowest BCUT2D eigenvalue weighted by Gasteiger charge is -2.28. The predicted octanol–water partition coefficient (Wildman–Crippen LogP) is 9.03. The molecule has 0 N–H and O–H groups in total. The fourth-order valence-electron chi connectivity index (χ4n) is 6.98. The van der Waals surface area contributed by atoms with Gasteiger partial charge in [-0.3, -0.25) is 4.57 Å². The third-order valence-corrected chi connectivity index (χ3v) is 9.63. The van der Waals surface area contributed by atoms with E-state index in [9.17, 15) is 0 Å². The molecule has 2 aromatic carbocycles. The Bertz CT molecular complexity index is 2160. The molecule has 0 fully saturated rings. The van der Waals surface area contributed by atoms with Crippen LogP contribution in [-0.2, 0) is 17.0 Å². The molecule has 0 saturated carbocycles. The van der Waals surface area contributed by atoms with Gasteiger partial charge in [0.1, 0.15) is 17.3 Å². The zero-order valence-corrected chi connectivity index (χ0v) is 26.8. The Kier molecular flexibility index (Phi) is 6.12. The molecule has 0 amide bonds. The van der Waals surface area contributed by atoms with Gasteiger partial charge in [0.25, 0.3) is 0 Å². The van der Waals surface area contributed by atoms with E-state index in [1.165, 1.54) is 4.57 Å². The number of anilines is 1. The molecule has 0 aliphatic carbocycles. The summed E-state index contributed by atoms with van der Waals surface area (Å²) < 4.78 is 48.7. The molecule has 0 saturated heterocycles. The van der Waals surface area contributed by atoms with Gasteiger partial charge in [-0.15, -0.1) is 0 Å². The average Bonchev–Trinajstić information content (AvgIpc) is 3.54. The van der Waals surface area contributed by atoms with Gasteiger partial charge < -0.3 is 9.47 Å². The highest BCUT2D eigenvalue weighted by Gasteiger charge is 2.40. The third kappa shape index (κ3) is 4.29. The Morgan fingerprint density at radius 3 is 1.84 bits per heavy atom. The molecule has 7 rings (SSSR count). The minimum atomic E-state index is -4.62. The summed E-state index contributed by atoms with van der Waals surface area (Å²) in [6, 6.07) is 19.3. The number of benzene rings is 2. The summed E-state index contributed by atoms with van der Waals surface area (Å²) >= 11 is 0. The van der Waals surface area contributed by atoms with Crippen LogP contribution in [0.4, 0.5) is 18.9 Å². The molecule has 4 aromatic heterocycles. The number of alkyl halides is 3. The second-order valence-electron chi connectivity index (χ2n) is 13.6. The lowest BCUT2D eigenvalue weighted by molar-refractivity contribution is -0.141. The number of hydrogen-bond donors (Lipinski definition) is 0. The fraction of sp³-hybridized carbons (Fsp3) is 0.297. The maximum absolute atomic E-state index is 15.1. The molecular formula is C37H36F3N5. The molecule has 5 nitrogen and oxygen atoms in total. The van der Waals surface area contributed by atoms with Gasteiger partial charge in [0.2, 0.25) is 0 Å². The summed E-state index contributed by atoms with van der Waals surface area (Å²) in [7, 11) is 3.77. The van der Waals surface area contributed by atoms with Crippen molar-refractivity contribution in [3.05, 3.63) is 113 Å². The summed E-state index contributed by atoms with van der Waals surface area (Å²) in [6.07, 6.45) is -0.874. The van der Waals surface area contributed by atoms with Crippen LogP contribution in [0.3, 0.4) is 0 Å². The van der Waals surface area contributed by atoms with Gasteiger partial charge in [0.05, 0.1) is 11.4 Å². The Labute approximate surface area is 261 Å². The molecule has 0 spiro atoms. The number of fused-ring (bicyclic) bond motifs is 8. The number of halogens is 3. The van der Waals surface area contributed by atoms with E-state index >= 15 is 13.2 Å². The van der Waals surface area contributed by atoms with Gasteiger partial charge >= 0.3 is 6.18 Å². The Morgan fingerprint density at radius 2 is 1.22 bits per heavy atom. The summed E-state index contributed by atoms with van der Waals surface area (Å²) in [5, 5.41) is 2.83. The fourth-order valence-corrected chi connectivity index (χ4v) is 6.98. The number of nitrogens with zero attached hydrogens (tertiary/aromatic N) is 5. The minimum Gasteiger partial charge on any atom is -0.377 e. The van der Waals surface area contributed by atoms with E-state index < -0.39 is 22.7 Å². The van der Waals surface area contributed by atoms with E-state index in [0.29, 0.717) is 11.1 Å². The highest BCUT2D eigenvalue weighted by Crippen LogP contribution is 2.45. The predicted molar refractivity (Wildman–Crippen MR) is 175 cm³/mol. The molecule has 6 aromatic rings. The summed E-state index contributed by atoms with van der Waals surface area (Å²) in [5.41, 5.74) is 3.99. The molecular weight excluding hydrogens is 571 g/mol. The van der Waals surface area contributed by atoms with Crippen molar-refractivity contribution in [3.8, 4) is 11.6 Å². The highest BCUT2D eigenvalue weighted by atomic mass is 19.4. The van der Waals surface area contributed by atoms with Crippen LogP contribution in [-0.4, -0.2) is 33.2 Å². The van der Waals surface area contributed by atoms with E-state index in [2.05, 4.69) is 49.7 Å². The second kappa shape index (κ2) is 9.46. The number of aromatic nitrogens is 4. The molecule has 1 aliphatic rings. The molecule has 5 heterocycles. The van der Waals surface area contributed by atoms with Crippen molar-refractivity contribution in [1.29, 1.82) is 0 Å². The maximum Gasteiger partial charge on any atom is 0.432 e. The standard InChI is InChI=1S/C37H36F3N5/c1-21-15-30-36(5,6)31-17-23(43(7)8)18-33(42-31)45-20-27-25(34(45)37(38,39)40)12-10-14-29(27)35(3,4)28-13-9-11-24-22(2)44(19-26(24)28)32(16-21)41-30/h9-20H,1-8H3. The van der Waals surface area contributed by atoms with Crippen LogP contribution in [0.25, 0.3) is 33.2 Å². The van der Waals surface area contributed by atoms with E-state index in [4.69, 9.17) is 9.97 Å². The van der Waals surface area contributed by atoms with Gasteiger partial charge in [0.15, 0.2) is 0 Å². The topological polar surface area (TPSA) is 38.9 Å². The quantitative estimate of drug-likeness (QED) is 0.187. The minimum absolute atomic E-state index is 0.153. The second-order valence-corrected chi connectivity index (χ2v) is 13.6. The van der Waals surface area contributed by atoms with Crippen LogP contribution in [0.15, 0.2) is 73.1 Å². The number of aryl methyl sites for hydroxylation is 2. The van der Waals surface area contributed by atoms with Crippen molar-refractivity contribution in [1.82, 2.24) is 19.1 Å². The average molecular weight is 608 g/mol. The zero-order chi connectivity index (χ0) is 32.2. The van der Waals surface area contributed by atoms with Gasteiger partial charge in [-0.05, 0) is 62.6 Å². The van der Waals surface area contributed by atoms with Crippen molar-refractivity contribution in [2.45, 2.75) is 58.5 Å². The Hall–Kier alpha value is -4.59. The molecule has 8 bridgehead atoms. The molecule has 230 valence electrons. The number of hydrogen-bond acceptors (Lipinski definition) is 3. The molecule has 0 atom stereocenters. The van der Waals surface area contributed by atoms with Crippen LogP contribution < -0.4 is 4.90 Å². The summed E-state index contributed by atoms with van der Waals surface area (Å²) in [5.74, 6) is 1.00. The van der Waals surface area contributed by atoms with Crippen LogP contribution in [0.1, 0.15) is 67.2 Å². The molecule has 0 radical (unpaired) electrons. The number of pyridine rings is 2. The molecule has 1 aliphatic heterocycles. The first-order valence-corrected chi connectivity index (χ1v) is 15.1. The van der Waals surface area contributed by atoms with Crippen molar-refractivity contribution in [2.24, 2.45) is 0 Å². The monoisotopic (exact) mass is 607 g/mol. The van der Waals surface area contributed by atoms with Crippen molar-refractivity contribution >= 4 is 27.2 Å². The molecule has 8 heteroatoms. The van der Waals surface area contributed by atoms with Gasteiger partial charge in [-0.2, -0.15) is 13.2 Å². The maximum atomic E-state index is 15.1. The van der Waals surface area contributed by atoms with Gasteiger partial charge in [0, 0.05) is 76.3 Å². The third-order valence-electron chi connectivity index (χ3n) is 9.63. The van der Waals surface area contributed by atoms with Crippen LogP contribution in [0.2, 0.25) is 0 Å². The normalized spacial score (nSPS) is 15.4. The van der Waals surface area contributed by atoms with Crippen molar-refractivity contribution in [3.63, 3.8) is 0 Å². The Morgan fingerprint density at radius 1 is 0.667 bits per heavy atom. The lowest BCUT2D eigenvalue weighted by atomic mass is 9.75.